The van der Waals surface area contributed by atoms with E-state index in [1.165, 1.54) is 0 Å². The Kier molecular flexibility index (Phi) is 3.98. The van der Waals surface area contributed by atoms with E-state index in [0.29, 0.717) is 24.3 Å². The molecule has 1 unspecified atom stereocenters. The Labute approximate surface area is 112 Å². The molecule has 0 saturated carbocycles. The van der Waals surface area contributed by atoms with Gasteiger partial charge in [0.05, 0.1) is 17.2 Å². The van der Waals surface area contributed by atoms with Gasteiger partial charge in [-0.1, -0.05) is 18.2 Å². The molecule has 0 aliphatic carbocycles. The van der Waals surface area contributed by atoms with Crippen molar-refractivity contribution in [2.75, 3.05) is 18.5 Å². The number of pyridine rings is 1. The molecule has 1 aromatic heterocycles. The number of aliphatic hydroxyl groups excluding tert-OH is 1. The van der Waals surface area contributed by atoms with Crippen molar-refractivity contribution in [1.82, 2.24) is 4.98 Å². The first-order valence-electron chi connectivity index (χ1n) is 6.31. The average molecular weight is 255 g/mol. The Balaban J connectivity index is 2.38. The third kappa shape index (κ3) is 3.01. The quantitative estimate of drug-likeness (QED) is 0.910. The number of para-hydroxylation sites is 1. The smallest absolute Gasteiger partial charge is 0.147 e. The lowest BCUT2D eigenvalue weighted by atomic mass is 10.1. The maximum Gasteiger partial charge on any atom is 0.147 e. The van der Waals surface area contributed by atoms with Gasteiger partial charge < -0.3 is 10.0 Å². The molecule has 0 spiro atoms. The van der Waals surface area contributed by atoms with Gasteiger partial charge >= 0.3 is 0 Å². The van der Waals surface area contributed by atoms with Crippen LogP contribution in [0, 0.1) is 11.3 Å². The topological polar surface area (TPSA) is 60.1 Å². The van der Waals surface area contributed by atoms with E-state index in [1.807, 2.05) is 42.3 Å². The van der Waals surface area contributed by atoms with Gasteiger partial charge in [0.1, 0.15) is 11.9 Å². The largest absolute Gasteiger partial charge is 0.393 e. The molecule has 98 valence electrons. The number of hydrogen-bond donors (Lipinski definition) is 1. The summed E-state index contributed by atoms with van der Waals surface area (Å²) in [6.45, 7) is 2.42. The fourth-order valence-corrected chi connectivity index (χ4v) is 1.97. The minimum Gasteiger partial charge on any atom is -0.393 e. The number of aromatic nitrogens is 1. The normalized spacial score (nSPS) is 12.1. The Hall–Kier alpha value is -2.12. The fourth-order valence-electron chi connectivity index (χ4n) is 1.97. The molecular formula is C15H17N3O. The zero-order chi connectivity index (χ0) is 13.8. The lowest BCUT2D eigenvalue weighted by Gasteiger charge is -2.20. The lowest BCUT2D eigenvalue weighted by Crippen LogP contribution is -2.23. The van der Waals surface area contributed by atoms with Gasteiger partial charge in [-0.2, -0.15) is 5.26 Å². The summed E-state index contributed by atoms with van der Waals surface area (Å²) >= 11 is 0. The molecule has 2 aromatic rings. The summed E-state index contributed by atoms with van der Waals surface area (Å²) in [4.78, 5) is 6.46. The summed E-state index contributed by atoms with van der Waals surface area (Å²) in [5.41, 5.74) is 1.44. The minimum atomic E-state index is -0.353. The lowest BCUT2D eigenvalue weighted by molar-refractivity contribution is 0.187. The zero-order valence-electron chi connectivity index (χ0n) is 11.2. The molecule has 0 saturated heterocycles. The van der Waals surface area contributed by atoms with Crippen LogP contribution in [0.1, 0.15) is 18.9 Å². The second kappa shape index (κ2) is 5.68. The molecule has 0 amide bonds. The molecule has 0 aliphatic rings. The van der Waals surface area contributed by atoms with E-state index in [4.69, 9.17) is 0 Å². The van der Waals surface area contributed by atoms with Crippen LogP contribution in [0.2, 0.25) is 0 Å². The maximum absolute atomic E-state index is 9.33. The van der Waals surface area contributed by atoms with Gasteiger partial charge in [-0.3, -0.25) is 0 Å². The number of rotatable bonds is 4. The van der Waals surface area contributed by atoms with Gasteiger partial charge in [0.15, 0.2) is 0 Å². The molecule has 0 aliphatic heterocycles. The van der Waals surface area contributed by atoms with Crippen LogP contribution in [0.15, 0.2) is 30.3 Å². The second-order valence-corrected chi connectivity index (χ2v) is 4.72. The van der Waals surface area contributed by atoms with Crippen molar-refractivity contribution in [3.63, 3.8) is 0 Å². The van der Waals surface area contributed by atoms with Crippen LogP contribution in [0.4, 0.5) is 5.82 Å². The molecule has 4 heteroatoms. The van der Waals surface area contributed by atoms with E-state index in [-0.39, 0.29) is 6.10 Å². The molecule has 4 nitrogen and oxygen atoms in total. The van der Waals surface area contributed by atoms with Crippen LogP contribution >= 0.6 is 0 Å². The van der Waals surface area contributed by atoms with E-state index < -0.39 is 0 Å². The molecule has 0 radical (unpaired) electrons. The number of nitrogens with zero attached hydrogens (tertiary/aromatic N) is 3. The molecule has 1 heterocycles. The van der Waals surface area contributed by atoms with E-state index in [0.717, 1.165) is 10.9 Å². The third-order valence-corrected chi connectivity index (χ3v) is 3.07. The van der Waals surface area contributed by atoms with Crippen LogP contribution in [0.3, 0.4) is 0 Å². The van der Waals surface area contributed by atoms with Gasteiger partial charge in [0.2, 0.25) is 0 Å². The van der Waals surface area contributed by atoms with E-state index in [2.05, 4.69) is 11.1 Å². The second-order valence-electron chi connectivity index (χ2n) is 4.72. The van der Waals surface area contributed by atoms with Crippen LogP contribution < -0.4 is 4.90 Å². The van der Waals surface area contributed by atoms with Gasteiger partial charge in [-0.25, -0.2) is 4.98 Å². The van der Waals surface area contributed by atoms with Crippen molar-refractivity contribution in [1.29, 1.82) is 5.26 Å². The minimum absolute atomic E-state index is 0.353. The number of fused-ring (bicyclic) bond motifs is 1. The first-order chi connectivity index (χ1) is 9.11. The Bertz CT molecular complexity index is 616. The molecule has 19 heavy (non-hydrogen) atoms. The molecule has 0 bridgehead atoms. The highest BCUT2D eigenvalue weighted by atomic mass is 16.3. The Morgan fingerprint density at radius 3 is 2.84 bits per heavy atom. The van der Waals surface area contributed by atoms with Crippen LogP contribution in [0.25, 0.3) is 10.9 Å². The predicted octanol–water partition coefficient (Wildman–Crippen LogP) is 2.31. The summed E-state index contributed by atoms with van der Waals surface area (Å²) in [6, 6.07) is 11.8. The zero-order valence-corrected chi connectivity index (χ0v) is 11.2. The van der Waals surface area contributed by atoms with Gasteiger partial charge in [0.25, 0.3) is 0 Å². The summed E-state index contributed by atoms with van der Waals surface area (Å²) in [7, 11) is 1.89. The van der Waals surface area contributed by atoms with E-state index in [1.54, 1.807) is 6.92 Å². The predicted molar refractivity (Wildman–Crippen MR) is 76.0 cm³/mol. The van der Waals surface area contributed by atoms with Crippen molar-refractivity contribution in [3.8, 4) is 6.07 Å². The standard InChI is InChI=1S/C15H17N3O/c1-11(19)7-8-18(2)15-13(10-16)9-12-5-3-4-6-14(12)17-15/h3-6,9,11,19H,7-8H2,1-2H3. The van der Waals surface area contributed by atoms with Crippen LogP contribution in [0.5, 0.6) is 0 Å². The number of nitriles is 1. The summed E-state index contributed by atoms with van der Waals surface area (Å²) in [5, 5.41) is 19.5. The molecule has 0 fully saturated rings. The molecule has 2 rings (SSSR count). The van der Waals surface area contributed by atoms with Gasteiger partial charge in [-0.05, 0) is 25.5 Å². The number of benzene rings is 1. The van der Waals surface area contributed by atoms with Crippen molar-refractivity contribution in [2.45, 2.75) is 19.4 Å². The van der Waals surface area contributed by atoms with Crippen molar-refractivity contribution in [3.05, 3.63) is 35.9 Å². The first kappa shape index (κ1) is 13.3. The SMILES string of the molecule is CC(O)CCN(C)c1nc2ccccc2cc1C#N. The monoisotopic (exact) mass is 255 g/mol. The van der Waals surface area contributed by atoms with Gasteiger partial charge in [0, 0.05) is 19.0 Å². The molecule has 1 atom stereocenters. The van der Waals surface area contributed by atoms with Gasteiger partial charge in [-0.15, -0.1) is 0 Å². The van der Waals surface area contributed by atoms with Crippen LogP contribution in [-0.2, 0) is 0 Å². The summed E-state index contributed by atoms with van der Waals surface area (Å²) in [6.07, 6.45) is 0.295. The average Bonchev–Trinajstić information content (AvgIpc) is 2.43. The van der Waals surface area contributed by atoms with Crippen molar-refractivity contribution in [2.24, 2.45) is 0 Å². The highest BCUT2D eigenvalue weighted by Gasteiger charge is 2.11. The fraction of sp³-hybridized carbons (Fsp3) is 0.333. The molecule has 1 N–H and O–H groups in total. The molecule has 1 aromatic carbocycles. The Morgan fingerprint density at radius 2 is 2.16 bits per heavy atom. The van der Waals surface area contributed by atoms with E-state index in [9.17, 15) is 10.4 Å². The summed E-state index contributed by atoms with van der Waals surface area (Å²) < 4.78 is 0. The molecular weight excluding hydrogens is 238 g/mol. The number of anilines is 1. The maximum atomic E-state index is 9.33. The highest BCUT2D eigenvalue weighted by molar-refractivity contribution is 5.82. The number of aliphatic hydroxyl groups is 1. The highest BCUT2D eigenvalue weighted by Crippen LogP contribution is 2.22. The first-order valence-corrected chi connectivity index (χ1v) is 6.31. The van der Waals surface area contributed by atoms with E-state index >= 15 is 0 Å². The summed E-state index contributed by atoms with van der Waals surface area (Å²) in [5.74, 6) is 0.668. The number of hydrogen-bond acceptors (Lipinski definition) is 4. The van der Waals surface area contributed by atoms with Crippen molar-refractivity contribution < 1.29 is 5.11 Å². The Morgan fingerprint density at radius 1 is 1.42 bits per heavy atom. The van der Waals surface area contributed by atoms with Crippen molar-refractivity contribution >= 4 is 16.7 Å². The van der Waals surface area contributed by atoms with Crippen LogP contribution in [-0.4, -0.2) is 29.8 Å². The third-order valence-electron chi connectivity index (χ3n) is 3.07.